The van der Waals surface area contributed by atoms with Crippen LogP contribution in [0.4, 0.5) is 0 Å². The first kappa shape index (κ1) is 18.3. The van der Waals surface area contributed by atoms with E-state index in [1.165, 1.54) is 56.9 Å². The maximum atomic E-state index is 6.14. The molecule has 0 spiro atoms. The molecule has 1 unspecified atom stereocenters. The van der Waals surface area contributed by atoms with Crippen molar-refractivity contribution in [1.82, 2.24) is 4.90 Å². The summed E-state index contributed by atoms with van der Waals surface area (Å²) in [6.07, 6.45) is 10.7. The fourth-order valence-electron chi connectivity index (χ4n) is 3.23. The molecule has 1 heterocycles. The lowest BCUT2D eigenvalue weighted by Gasteiger charge is -2.24. The minimum absolute atomic E-state index is 0.313. The monoisotopic (exact) mass is 319 g/mol. The van der Waals surface area contributed by atoms with E-state index in [4.69, 9.17) is 9.47 Å². The Kier molecular flexibility index (Phi) is 8.48. The van der Waals surface area contributed by atoms with Gasteiger partial charge in [0, 0.05) is 19.7 Å². The molecule has 3 nitrogen and oxygen atoms in total. The number of hydrogen-bond acceptors (Lipinski definition) is 3. The van der Waals surface area contributed by atoms with Crippen molar-refractivity contribution in [3.63, 3.8) is 0 Å². The molecule has 1 saturated heterocycles. The van der Waals surface area contributed by atoms with Crippen LogP contribution in [0.15, 0.2) is 24.3 Å². The third-order valence-corrected chi connectivity index (χ3v) is 4.66. The van der Waals surface area contributed by atoms with Gasteiger partial charge < -0.3 is 9.47 Å². The third-order valence-electron chi connectivity index (χ3n) is 4.66. The van der Waals surface area contributed by atoms with E-state index in [1.807, 2.05) is 12.1 Å². The molecule has 1 aliphatic heterocycles. The van der Waals surface area contributed by atoms with Crippen LogP contribution in [0.25, 0.3) is 0 Å². The van der Waals surface area contributed by atoms with Crippen molar-refractivity contribution in [2.24, 2.45) is 0 Å². The first-order valence-corrected chi connectivity index (χ1v) is 9.32. The van der Waals surface area contributed by atoms with Crippen LogP contribution in [0.2, 0.25) is 0 Å². The van der Waals surface area contributed by atoms with Crippen LogP contribution in [-0.2, 0) is 11.3 Å². The molecule has 0 aliphatic carbocycles. The second-order valence-electron chi connectivity index (χ2n) is 6.55. The number of benzene rings is 1. The maximum absolute atomic E-state index is 6.14. The SMILES string of the molecule is CCCCCCCCOC1CCCN1Cc1ccc(OC)cc1. The average molecular weight is 319 g/mol. The number of methoxy groups -OCH3 is 1. The second kappa shape index (κ2) is 10.7. The molecule has 130 valence electrons. The number of hydrogen-bond donors (Lipinski definition) is 0. The zero-order valence-corrected chi connectivity index (χ0v) is 14.9. The van der Waals surface area contributed by atoms with Crippen molar-refractivity contribution < 1.29 is 9.47 Å². The quantitative estimate of drug-likeness (QED) is 0.536. The van der Waals surface area contributed by atoms with Gasteiger partial charge in [-0.25, -0.2) is 0 Å². The van der Waals surface area contributed by atoms with E-state index in [1.54, 1.807) is 7.11 Å². The van der Waals surface area contributed by atoms with Gasteiger partial charge in [-0.05, 0) is 37.0 Å². The topological polar surface area (TPSA) is 21.7 Å². The molecule has 1 aromatic carbocycles. The fourth-order valence-corrected chi connectivity index (χ4v) is 3.23. The lowest BCUT2D eigenvalue weighted by molar-refractivity contribution is -0.0404. The molecule has 0 saturated carbocycles. The number of rotatable bonds is 11. The van der Waals surface area contributed by atoms with E-state index in [2.05, 4.69) is 24.0 Å². The van der Waals surface area contributed by atoms with Gasteiger partial charge in [0.25, 0.3) is 0 Å². The van der Waals surface area contributed by atoms with Crippen LogP contribution < -0.4 is 4.74 Å². The van der Waals surface area contributed by atoms with Crippen molar-refractivity contribution in [1.29, 1.82) is 0 Å². The highest BCUT2D eigenvalue weighted by Crippen LogP contribution is 2.22. The Morgan fingerprint density at radius 3 is 2.52 bits per heavy atom. The van der Waals surface area contributed by atoms with E-state index in [0.717, 1.165) is 25.4 Å². The van der Waals surface area contributed by atoms with Gasteiger partial charge in [0.2, 0.25) is 0 Å². The van der Waals surface area contributed by atoms with E-state index < -0.39 is 0 Å². The van der Waals surface area contributed by atoms with Gasteiger partial charge in [-0.15, -0.1) is 0 Å². The Balaban J connectivity index is 1.66. The minimum Gasteiger partial charge on any atom is -0.497 e. The summed E-state index contributed by atoms with van der Waals surface area (Å²) in [5, 5.41) is 0. The number of likely N-dealkylation sites (tertiary alicyclic amines) is 1. The summed E-state index contributed by atoms with van der Waals surface area (Å²) in [4.78, 5) is 2.47. The summed E-state index contributed by atoms with van der Waals surface area (Å²) >= 11 is 0. The Morgan fingerprint density at radius 2 is 1.78 bits per heavy atom. The molecule has 0 bridgehead atoms. The standard InChI is InChI=1S/C20H33NO2/c1-3-4-5-6-7-8-16-23-20-10-9-15-21(20)17-18-11-13-19(22-2)14-12-18/h11-14,20H,3-10,15-17H2,1-2H3. The van der Waals surface area contributed by atoms with Crippen LogP contribution in [0.5, 0.6) is 5.75 Å². The number of ether oxygens (including phenoxy) is 2. The van der Waals surface area contributed by atoms with Gasteiger partial charge in [0.15, 0.2) is 0 Å². The normalized spacial score (nSPS) is 18.4. The van der Waals surface area contributed by atoms with Gasteiger partial charge in [0.1, 0.15) is 12.0 Å². The second-order valence-corrected chi connectivity index (χ2v) is 6.55. The Labute approximate surface area is 142 Å². The van der Waals surface area contributed by atoms with E-state index in [0.29, 0.717) is 6.23 Å². The molecule has 3 heteroatoms. The molecule has 2 rings (SSSR count). The summed E-state index contributed by atoms with van der Waals surface area (Å²) in [7, 11) is 1.71. The van der Waals surface area contributed by atoms with Crippen LogP contribution in [0.1, 0.15) is 63.9 Å². The molecule has 0 N–H and O–H groups in total. The van der Waals surface area contributed by atoms with Crippen LogP contribution in [-0.4, -0.2) is 31.4 Å². The van der Waals surface area contributed by atoms with Crippen LogP contribution in [0, 0.1) is 0 Å². The molecule has 0 radical (unpaired) electrons. The zero-order chi connectivity index (χ0) is 16.3. The Morgan fingerprint density at radius 1 is 1.04 bits per heavy atom. The Bertz CT molecular complexity index is 418. The van der Waals surface area contributed by atoms with Gasteiger partial charge in [-0.2, -0.15) is 0 Å². The highest BCUT2D eigenvalue weighted by molar-refractivity contribution is 5.27. The average Bonchev–Trinajstić information content (AvgIpc) is 3.02. The predicted octanol–water partition coefficient (Wildman–Crippen LogP) is 4.99. The lowest BCUT2D eigenvalue weighted by atomic mass is 10.1. The van der Waals surface area contributed by atoms with Crippen LogP contribution >= 0.6 is 0 Å². The number of nitrogens with zero attached hydrogens (tertiary/aromatic N) is 1. The van der Waals surface area contributed by atoms with Gasteiger partial charge in [-0.3, -0.25) is 4.90 Å². The van der Waals surface area contributed by atoms with Crippen molar-refractivity contribution in [2.75, 3.05) is 20.3 Å². The number of unbranched alkanes of at least 4 members (excludes halogenated alkanes) is 5. The molecular formula is C20H33NO2. The minimum atomic E-state index is 0.313. The molecule has 0 aromatic heterocycles. The predicted molar refractivity (Wildman–Crippen MR) is 95.8 cm³/mol. The van der Waals surface area contributed by atoms with Gasteiger partial charge >= 0.3 is 0 Å². The zero-order valence-electron chi connectivity index (χ0n) is 14.9. The molecular weight excluding hydrogens is 286 g/mol. The van der Waals surface area contributed by atoms with Crippen molar-refractivity contribution >= 4 is 0 Å². The molecule has 1 aromatic rings. The summed E-state index contributed by atoms with van der Waals surface area (Å²) in [6, 6.07) is 8.39. The summed E-state index contributed by atoms with van der Waals surface area (Å²) in [5.74, 6) is 0.922. The Hall–Kier alpha value is -1.06. The maximum Gasteiger partial charge on any atom is 0.118 e. The fraction of sp³-hybridized carbons (Fsp3) is 0.700. The first-order valence-electron chi connectivity index (χ1n) is 9.32. The van der Waals surface area contributed by atoms with E-state index >= 15 is 0 Å². The largest absolute Gasteiger partial charge is 0.497 e. The highest BCUT2D eigenvalue weighted by atomic mass is 16.5. The van der Waals surface area contributed by atoms with Gasteiger partial charge in [-0.1, -0.05) is 51.2 Å². The highest BCUT2D eigenvalue weighted by Gasteiger charge is 2.24. The summed E-state index contributed by atoms with van der Waals surface area (Å²) in [6.45, 7) is 5.30. The molecule has 1 fully saturated rings. The lowest BCUT2D eigenvalue weighted by Crippen LogP contribution is -2.31. The summed E-state index contributed by atoms with van der Waals surface area (Å²) in [5.41, 5.74) is 1.33. The molecule has 1 atom stereocenters. The van der Waals surface area contributed by atoms with E-state index in [9.17, 15) is 0 Å². The molecule has 0 amide bonds. The summed E-state index contributed by atoms with van der Waals surface area (Å²) < 4.78 is 11.4. The molecule has 1 aliphatic rings. The third kappa shape index (κ3) is 6.52. The van der Waals surface area contributed by atoms with Gasteiger partial charge in [0.05, 0.1) is 7.11 Å². The van der Waals surface area contributed by atoms with Crippen molar-refractivity contribution in [3.8, 4) is 5.75 Å². The van der Waals surface area contributed by atoms with E-state index in [-0.39, 0.29) is 0 Å². The first-order chi connectivity index (χ1) is 11.3. The smallest absolute Gasteiger partial charge is 0.118 e. The van der Waals surface area contributed by atoms with Crippen LogP contribution in [0.3, 0.4) is 0 Å². The van der Waals surface area contributed by atoms with Crippen molar-refractivity contribution in [3.05, 3.63) is 29.8 Å². The van der Waals surface area contributed by atoms with Crippen molar-refractivity contribution in [2.45, 2.75) is 71.1 Å². The molecule has 23 heavy (non-hydrogen) atoms.